The average molecular weight is 2260 g/mol. The van der Waals surface area contributed by atoms with Gasteiger partial charge < -0.3 is 0 Å². The van der Waals surface area contributed by atoms with E-state index in [-0.39, 0.29) is 37.9 Å². The molecule has 7 aliphatic rings. The van der Waals surface area contributed by atoms with Crippen molar-refractivity contribution in [3.63, 3.8) is 0 Å². The van der Waals surface area contributed by atoms with Gasteiger partial charge in [-0.2, -0.15) is 0 Å². The van der Waals surface area contributed by atoms with Crippen molar-refractivity contribution in [2.45, 2.75) is 135 Å². The molecule has 0 fully saturated rings. The summed E-state index contributed by atoms with van der Waals surface area (Å²) in [6.45, 7) is 32.5. The molecule has 0 saturated carbocycles. The fourth-order valence-electron chi connectivity index (χ4n) is 24.5. The van der Waals surface area contributed by atoms with Crippen molar-refractivity contribution in [3.8, 4) is 77.9 Å². The van der Waals surface area contributed by atoms with E-state index in [4.69, 9.17) is 0 Å². The van der Waals surface area contributed by atoms with Crippen LogP contribution in [0.2, 0.25) is 0 Å². The molecule has 21 aromatic rings. The molecule has 28 rings (SSSR count). The van der Waals surface area contributed by atoms with Gasteiger partial charge in [0, 0.05) is 74.8 Å². The molecule has 21 aromatic carbocycles. The Kier molecular flexibility index (Phi) is 23.7. The van der Waals surface area contributed by atoms with Crippen LogP contribution in [-0.2, 0) is 37.9 Å². The summed E-state index contributed by atoms with van der Waals surface area (Å²) in [6.07, 6.45) is 0. The lowest BCUT2D eigenvalue weighted by Crippen LogP contribution is -2.16. The fourth-order valence-corrected chi connectivity index (χ4v) is 27.8. The molecule has 0 atom stereocenters. The zero-order valence-electron chi connectivity index (χ0n) is 81.0. The maximum Gasteiger partial charge on any atom is 0.0257 e. The predicted octanol–water partition coefficient (Wildman–Crippen LogP) is 41.4. The van der Waals surface area contributed by atoms with Crippen molar-refractivity contribution in [2.24, 2.45) is 0 Å². The summed E-state index contributed by atoms with van der Waals surface area (Å²) >= 11 is 25.6. The highest BCUT2D eigenvalue weighted by Crippen LogP contribution is 2.60. The van der Waals surface area contributed by atoms with Crippen LogP contribution in [0.25, 0.3) is 153 Å². The van der Waals surface area contributed by atoms with Crippen LogP contribution in [0.4, 0.5) is 0 Å². The second-order valence-electron chi connectivity index (χ2n) is 42.2. The van der Waals surface area contributed by atoms with E-state index >= 15 is 0 Å². The Morgan fingerprint density at radius 3 is 0.907 bits per heavy atom. The number of benzene rings is 21. The van der Waals surface area contributed by atoms with Gasteiger partial charge in [0.25, 0.3) is 0 Å². The van der Waals surface area contributed by atoms with Crippen LogP contribution in [-0.4, -0.2) is 0 Å². The topological polar surface area (TPSA) is 0 Å². The third-order valence-corrected chi connectivity index (χ3v) is 35.4. The Hall–Kier alpha value is -11.2. The molecule has 0 nitrogen and oxygen atoms in total. The number of rotatable bonds is 0. The lowest BCUT2D eigenvalue weighted by atomic mass is 9.80. The van der Waals surface area contributed by atoms with Crippen LogP contribution in [0, 0.1) is 0 Å². The first-order valence-corrected chi connectivity index (χ1v) is 54.0. The second kappa shape index (κ2) is 35.4. The Labute approximate surface area is 882 Å². The molecule has 0 amide bonds. The van der Waals surface area contributed by atoms with Crippen LogP contribution in [0.1, 0.15) is 175 Å². The summed E-state index contributed by atoms with van der Waals surface area (Å²) in [5.41, 5.74) is 39.8. The van der Waals surface area contributed by atoms with Crippen LogP contribution in [0.5, 0.6) is 0 Å². The van der Waals surface area contributed by atoms with Crippen molar-refractivity contribution < 1.29 is 0 Å². The van der Waals surface area contributed by atoms with Crippen molar-refractivity contribution in [3.05, 3.63) is 491 Å². The smallest absolute Gasteiger partial charge is 0.0257 e. The first-order chi connectivity index (χ1) is 67.1. The standard InChI is InChI=1S/7C19H15Br/c1-19(2)14-8-5-9-16(20)18(14)17-13-7-4-3-6-12(13)10-11-15(17)19;1-19(2)17-13-7-4-3-6-12(13)10-11-15(17)14-8-5-9-16(20)18(14)19;1-19(2)16-10-7-12-5-3-4-6-14(12)18(16)15-9-8-13(20)11-17(15)19;1-19(2)16-10-8-13(20)11-15(16)18-14-6-4-3-5-12(14)7-9-17(18)19;1-19(2)17-11-13(20)8-10-15(17)16-9-7-12-5-3-4-6-14(12)18(16)19;1-19(2)17-8-7-14(20)11-16(17)15-9-12-5-3-4-6-13(12)10-18(15)19;1-19(2)17-10-13-6-4-3-5-12(13)9-16(17)15-8-7-14(20)11-18(15)19/h7*3-11H,1-2H3. The first-order valence-electron chi connectivity index (χ1n) is 48.4. The minimum absolute atomic E-state index is 0.0334. The fraction of sp³-hybridized carbons (Fsp3) is 0.158. The van der Waals surface area contributed by atoms with Gasteiger partial charge in [-0.05, 0) is 323 Å². The van der Waals surface area contributed by atoms with Crippen molar-refractivity contribution in [2.75, 3.05) is 0 Å². The molecule has 7 heteroatoms. The average Bonchev–Trinajstić information content (AvgIpc) is 1.60. The molecule has 0 N–H and O–H groups in total. The van der Waals surface area contributed by atoms with Gasteiger partial charge in [0.15, 0.2) is 0 Å². The lowest BCUT2D eigenvalue weighted by Gasteiger charge is -2.24. The Balaban J connectivity index is 0.0000000939. The molecule has 0 aromatic heterocycles. The van der Waals surface area contributed by atoms with Crippen LogP contribution in [0.3, 0.4) is 0 Å². The van der Waals surface area contributed by atoms with Gasteiger partial charge in [-0.25, -0.2) is 0 Å². The molecule has 0 radical (unpaired) electrons. The highest BCUT2D eigenvalue weighted by atomic mass is 79.9. The minimum atomic E-state index is 0.0334. The van der Waals surface area contributed by atoms with Gasteiger partial charge in [-0.15, -0.1) is 0 Å². The Morgan fingerprint density at radius 2 is 0.407 bits per heavy atom. The summed E-state index contributed by atoms with van der Waals surface area (Å²) < 4.78 is 8.16. The van der Waals surface area contributed by atoms with E-state index < -0.39 is 0 Å². The third kappa shape index (κ3) is 15.5. The monoisotopic (exact) mass is 2250 g/mol. The molecule has 686 valence electrons. The van der Waals surface area contributed by atoms with Crippen LogP contribution in [0.15, 0.2) is 413 Å². The van der Waals surface area contributed by atoms with Gasteiger partial charge in [-0.3, -0.25) is 0 Å². The van der Waals surface area contributed by atoms with E-state index in [2.05, 4.69) is 591 Å². The summed E-state index contributed by atoms with van der Waals surface area (Å²) in [4.78, 5) is 0. The van der Waals surface area contributed by atoms with E-state index in [0.717, 1.165) is 22.4 Å². The van der Waals surface area contributed by atoms with E-state index in [1.165, 1.54) is 240 Å². The SMILES string of the molecule is CC1(C)c2c(Br)cccc2-c2ccc3ccccc3c21.CC1(C)c2cc(Br)ccc2-c2c1ccc1ccccc21.CC1(C)c2cc(Br)ccc2-c2cc3ccccc3cc21.CC1(C)c2cc(Br)ccc2-c2ccc3ccccc3c21.CC1(C)c2ccc(Br)cc2-c2c1ccc1ccccc21.CC1(C)c2ccc(Br)cc2-c2cc3ccccc3cc21.CC1(C)c2cccc(Br)c2-c2c1ccc1ccccc21. The molecular formula is C133H105Br7. The van der Waals surface area contributed by atoms with Gasteiger partial charge in [0.05, 0.1) is 0 Å². The molecule has 0 unspecified atom stereocenters. The summed E-state index contributed by atoms with van der Waals surface area (Å²) in [5.74, 6) is 0. The van der Waals surface area contributed by atoms with E-state index in [9.17, 15) is 0 Å². The second-order valence-corrected chi connectivity index (χ2v) is 48.5. The molecule has 0 bridgehead atoms. The summed E-state index contributed by atoms with van der Waals surface area (Å²) in [7, 11) is 0. The van der Waals surface area contributed by atoms with Gasteiger partial charge >= 0.3 is 0 Å². The molecule has 0 heterocycles. The highest BCUT2D eigenvalue weighted by Gasteiger charge is 2.44. The molecule has 0 saturated heterocycles. The largest absolute Gasteiger partial charge is 0.0616 e. The van der Waals surface area contributed by atoms with Crippen molar-refractivity contribution in [1.29, 1.82) is 0 Å². The molecule has 140 heavy (non-hydrogen) atoms. The van der Waals surface area contributed by atoms with Crippen molar-refractivity contribution >= 4 is 187 Å². The van der Waals surface area contributed by atoms with Gasteiger partial charge in [0.1, 0.15) is 0 Å². The molecular weight excluding hydrogens is 2160 g/mol. The lowest BCUT2D eigenvalue weighted by molar-refractivity contribution is 0.660. The normalized spacial score (nSPS) is 15.2. The maximum absolute atomic E-state index is 3.75. The zero-order chi connectivity index (χ0) is 97.3. The summed E-state index contributed by atoms with van der Waals surface area (Å²) in [6, 6.07) is 139. The van der Waals surface area contributed by atoms with Gasteiger partial charge in [0.2, 0.25) is 0 Å². The maximum atomic E-state index is 3.75. The Bertz CT molecular complexity index is 8700. The van der Waals surface area contributed by atoms with E-state index in [0.29, 0.717) is 0 Å². The molecule has 0 spiro atoms. The highest BCUT2D eigenvalue weighted by molar-refractivity contribution is 9.11. The van der Waals surface area contributed by atoms with Crippen LogP contribution < -0.4 is 0 Å². The number of fused-ring (bicyclic) bond motifs is 33. The molecule has 0 aliphatic heterocycles. The zero-order valence-corrected chi connectivity index (χ0v) is 92.1. The van der Waals surface area contributed by atoms with E-state index in [1.807, 2.05) is 0 Å². The first kappa shape index (κ1) is 93.7. The van der Waals surface area contributed by atoms with Gasteiger partial charge in [-0.1, -0.05) is 494 Å². The van der Waals surface area contributed by atoms with E-state index in [1.54, 1.807) is 0 Å². The number of hydrogen-bond acceptors (Lipinski definition) is 0. The Morgan fingerprint density at radius 1 is 0.136 bits per heavy atom. The van der Waals surface area contributed by atoms with Crippen LogP contribution >= 0.6 is 112 Å². The summed E-state index contributed by atoms with van der Waals surface area (Å²) in [5, 5.41) is 18.7. The number of hydrogen-bond donors (Lipinski definition) is 0. The van der Waals surface area contributed by atoms with Crippen molar-refractivity contribution in [1.82, 2.24) is 0 Å². The molecule has 7 aliphatic carbocycles. The predicted molar refractivity (Wildman–Crippen MR) is 624 cm³/mol. The quantitative estimate of drug-likeness (QED) is 0.142. The number of halogens is 7. The third-order valence-electron chi connectivity index (χ3n) is 31.6. The minimum Gasteiger partial charge on any atom is -0.0616 e.